The molecule has 0 unspecified atom stereocenters. The third-order valence-electron chi connectivity index (χ3n) is 2.54. The molecule has 2 nitrogen and oxygen atoms in total. The zero-order chi connectivity index (χ0) is 12.7. The van der Waals surface area contributed by atoms with Gasteiger partial charge in [-0.15, -0.1) is 0 Å². The summed E-state index contributed by atoms with van der Waals surface area (Å²) in [5, 5.41) is 0. The first kappa shape index (κ1) is 13.5. The Hall–Kier alpha value is -1.57. The van der Waals surface area contributed by atoms with Crippen molar-refractivity contribution in [1.82, 2.24) is 0 Å². The van der Waals surface area contributed by atoms with Crippen LogP contribution in [0.3, 0.4) is 0 Å². The molecule has 1 aromatic carbocycles. The fraction of sp³-hybridized carbons (Fsp3) is 0.400. The molecule has 0 bridgehead atoms. The fourth-order valence-corrected chi connectivity index (χ4v) is 1.52. The standard InChI is InChI=1S/C15H20O2/c1-4-17-15(16)7-5-6-13-8-10-14(11-9-13)12(2)3/h5,7-12H,4,6H2,1-3H3/b7-5+. The van der Waals surface area contributed by atoms with Gasteiger partial charge in [0.05, 0.1) is 6.61 Å². The maximum atomic E-state index is 11.1. The smallest absolute Gasteiger partial charge is 0.330 e. The Labute approximate surface area is 103 Å². The molecule has 92 valence electrons. The summed E-state index contributed by atoms with van der Waals surface area (Å²) < 4.78 is 4.80. The van der Waals surface area contributed by atoms with Crippen molar-refractivity contribution >= 4 is 5.97 Å². The highest BCUT2D eigenvalue weighted by molar-refractivity contribution is 5.81. The summed E-state index contributed by atoms with van der Waals surface area (Å²) in [5.41, 5.74) is 2.54. The summed E-state index contributed by atoms with van der Waals surface area (Å²) in [6.07, 6.45) is 4.08. The molecule has 0 aliphatic carbocycles. The number of esters is 1. The molecule has 0 amide bonds. The molecule has 0 atom stereocenters. The largest absolute Gasteiger partial charge is 0.463 e. The maximum absolute atomic E-state index is 11.1. The van der Waals surface area contributed by atoms with Gasteiger partial charge in [-0.05, 0) is 30.4 Å². The zero-order valence-corrected chi connectivity index (χ0v) is 10.8. The molecule has 2 heteroatoms. The van der Waals surface area contributed by atoms with Gasteiger partial charge in [-0.1, -0.05) is 44.2 Å². The summed E-state index contributed by atoms with van der Waals surface area (Å²) >= 11 is 0. The molecule has 0 radical (unpaired) electrons. The fourth-order valence-electron chi connectivity index (χ4n) is 1.52. The van der Waals surface area contributed by atoms with Gasteiger partial charge in [0, 0.05) is 6.08 Å². The minimum atomic E-state index is -0.272. The van der Waals surface area contributed by atoms with Crippen molar-refractivity contribution < 1.29 is 9.53 Å². The van der Waals surface area contributed by atoms with E-state index in [0.717, 1.165) is 6.42 Å². The normalized spacial score (nSPS) is 11.1. The van der Waals surface area contributed by atoms with Crippen LogP contribution in [0.5, 0.6) is 0 Å². The second-order valence-corrected chi connectivity index (χ2v) is 4.25. The quantitative estimate of drug-likeness (QED) is 0.574. The molecule has 0 N–H and O–H groups in total. The molecule has 0 saturated heterocycles. The van der Waals surface area contributed by atoms with Gasteiger partial charge >= 0.3 is 5.97 Å². The molecule has 0 spiro atoms. The summed E-state index contributed by atoms with van der Waals surface area (Å²) in [4.78, 5) is 11.1. The van der Waals surface area contributed by atoms with Crippen molar-refractivity contribution in [3.8, 4) is 0 Å². The van der Waals surface area contributed by atoms with E-state index in [1.165, 1.54) is 17.2 Å². The van der Waals surface area contributed by atoms with E-state index >= 15 is 0 Å². The minimum absolute atomic E-state index is 0.272. The molecule has 0 aromatic heterocycles. The second kappa shape index (κ2) is 6.89. The Bertz CT molecular complexity index is 374. The van der Waals surface area contributed by atoms with Gasteiger partial charge in [0.25, 0.3) is 0 Å². The maximum Gasteiger partial charge on any atom is 0.330 e. The highest BCUT2D eigenvalue weighted by Crippen LogP contribution is 2.14. The van der Waals surface area contributed by atoms with Crippen molar-refractivity contribution in [2.75, 3.05) is 6.61 Å². The van der Waals surface area contributed by atoms with Crippen LogP contribution in [0.1, 0.15) is 37.8 Å². The average molecular weight is 232 g/mol. The van der Waals surface area contributed by atoms with Gasteiger partial charge in [0.15, 0.2) is 0 Å². The molecule has 1 rings (SSSR count). The van der Waals surface area contributed by atoms with Crippen LogP contribution in [0.25, 0.3) is 0 Å². The lowest BCUT2D eigenvalue weighted by Gasteiger charge is -2.05. The number of allylic oxidation sites excluding steroid dienone is 1. The third-order valence-corrected chi connectivity index (χ3v) is 2.54. The predicted octanol–water partition coefficient (Wildman–Crippen LogP) is 3.47. The molecule has 0 aliphatic heterocycles. The molecular weight excluding hydrogens is 212 g/mol. The van der Waals surface area contributed by atoms with Crippen molar-refractivity contribution in [2.24, 2.45) is 0 Å². The molecule has 0 fully saturated rings. The first-order valence-electron chi connectivity index (χ1n) is 6.05. The molecule has 17 heavy (non-hydrogen) atoms. The third kappa shape index (κ3) is 4.85. The van der Waals surface area contributed by atoms with Crippen molar-refractivity contribution in [2.45, 2.75) is 33.1 Å². The van der Waals surface area contributed by atoms with E-state index in [4.69, 9.17) is 4.74 Å². The SMILES string of the molecule is CCOC(=O)/C=C/Cc1ccc(C(C)C)cc1. The van der Waals surface area contributed by atoms with Crippen molar-refractivity contribution in [3.05, 3.63) is 47.5 Å². The first-order chi connectivity index (χ1) is 8.13. The van der Waals surface area contributed by atoms with Crippen LogP contribution in [-0.4, -0.2) is 12.6 Å². The Kier molecular flexibility index (Phi) is 5.47. The Morgan fingerprint density at radius 1 is 1.29 bits per heavy atom. The first-order valence-corrected chi connectivity index (χ1v) is 6.05. The monoisotopic (exact) mass is 232 g/mol. The van der Waals surface area contributed by atoms with E-state index in [9.17, 15) is 4.79 Å². The van der Waals surface area contributed by atoms with Gasteiger partial charge in [0.1, 0.15) is 0 Å². The molecule has 0 saturated carbocycles. The van der Waals surface area contributed by atoms with E-state index in [1.54, 1.807) is 6.92 Å². The average Bonchev–Trinajstić information content (AvgIpc) is 2.30. The molecular formula is C15H20O2. The van der Waals surface area contributed by atoms with Crippen LogP contribution in [0.4, 0.5) is 0 Å². The van der Waals surface area contributed by atoms with Gasteiger partial charge < -0.3 is 4.74 Å². The highest BCUT2D eigenvalue weighted by Gasteiger charge is 1.98. The van der Waals surface area contributed by atoms with Gasteiger partial charge in [-0.3, -0.25) is 0 Å². The van der Waals surface area contributed by atoms with E-state index in [1.807, 2.05) is 6.08 Å². The van der Waals surface area contributed by atoms with E-state index in [2.05, 4.69) is 38.1 Å². The molecule has 0 heterocycles. The predicted molar refractivity (Wildman–Crippen MR) is 70.0 cm³/mol. The molecule has 0 aliphatic rings. The van der Waals surface area contributed by atoms with Crippen LogP contribution < -0.4 is 0 Å². The van der Waals surface area contributed by atoms with E-state index in [-0.39, 0.29) is 5.97 Å². The lowest BCUT2D eigenvalue weighted by Crippen LogP contribution is -1.99. The van der Waals surface area contributed by atoms with Crippen molar-refractivity contribution in [1.29, 1.82) is 0 Å². The number of hydrogen-bond donors (Lipinski definition) is 0. The second-order valence-electron chi connectivity index (χ2n) is 4.25. The lowest BCUT2D eigenvalue weighted by atomic mass is 10.0. The van der Waals surface area contributed by atoms with Crippen LogP contribution in [0.2, 0.25) is 0 Å². The number of hydrogen-bond acceptors (Lipinski definition) is 2. The number of rotatable bonds is 5. The van der Waals surface area contributed by atoms with E-state index < -0.39 is 0 Å². The number of carbonyl (C=O) groups excluding carboxylic acids is 1. The number of ether oxygens (including phenoxy) is 1. The lowest BCUT2D eigenvalue weighted by molar-refractivity contribution is -0.137. The summed E-state index contributed by atoms with van der Waals surface area (Å²) in [6, 6.07) is 8.48. The van der Waals surface area contributed by atoms with E-state index in [0.29, 0.717) is 12.5 Å². The van der Waals surface area contributed by atoms with Gasteiger partial charge in [-0.2, -0.15) is 0 Å². The van der Waals surface area contributed by atoms with Crippen LogP contribution in [-0.2, 0) is 16.0 Å². The Morgan fingerprint density at radius 3 is 2.47 bits per heavy atom. The summed E-state index contributed by atoms with van der Waals surface area (Å²) in [5.74, 6) is 0.283. The number of carbonyl (C=O) groups is 1. The van der Waals surface area contributed by atoms with Crippen LogP contribution in [0.15, 0.2) is 36.4 Å². The van der Waals surface area contributed by atoms with Crippen LogP contribution >= 0.6 is 0 Å². The topological polar surface area (TPSA) is 26.3 Å². The zero-order valence-electron chi connectivity index (χ0n) is 10.8. The Morgan fingerprint density at radius 2 is 1.94 bits per heavy atom. The molecule has 1 aromatic rings. The summed E-state index contributed by atoms with van der Waals surface area (Å²) in [6.45, 7) is 6.58. The van der Waals surface area contributed by atoms with Crippen molar-refractivity contribution in [3.63, 3.8) is 0 Å². The van der Waals surface area contributed by atoms with Crippen LogP contribution in [0, 0.1) is 0 Å². The Balaban J connectivity index is 2.50. The van der Waals surface area contributed by atoms with Gasteiger partial charge in [0.2, 0.25) is 0 Å². The summed E-state index contributed by atoms with van der Waals surface area (Å²) in [7, 11) is 0. The highest BCUT2D eigenvalue weighted by atomic mass is 16.5. The minimum Gasteiger partial charge on any atom is -0.463 e. The number of benzene rings is 1. The van der Waals surface area contributed by atoms with Gasteiger partial charge in [-0.25, -0.2) is 4.79 Å².